The molecule has 23 heavy (non-hydrogen) atoms. The number of nitrogens with one attached hydrogen (secondary N) is 1. The van der Waals surface area contributed by atoms with Gasteiger partial charge in [0.1, 0.15) is 5.82 Å². The molecule has 0 unspecified atom stereocenters. The van der Waals surface area contributed by atoms with Crippen molar-refractivity contribution >= 4 is 43.4 Å². The second-order valence-electron chi connectivity index (χ2n) is 4.48. The van der Waals surface area contributed by atoms with Crippen LogP contribution in [-0.4, -0.2) is 37.0 Å². The quantitative estimate of drug-likeness (QED) is 0.726. The van der Waals surface area contributed by atoms with Crippen LogP contribution in [0, 0.1) is 12.3 Å². The number of anilines is 3. The lowest BCUT2D eigenvalue weighted by atomic mass is 10.4. The van der Waals surface area contributed by atoms with Crippen molar-refractivity contribution in [3.63, 3.8) is 0 Å². The Balaban J connectivity index is 2.24. The molecule has 0 fully saturated rings. The van der Waals surface area contributed by atoms with Crippen LogP contribution in [-0.2, 0) is 10.0 Å². The highest BCUT2D eigenvalue weighted by atomic mass is 79.9. The Labute approximate surface area is 142 Å². The minimum Gasteiger partial charge on any atom is -0.347 e. The lowest BCUT2D eigenvalue weighted by molar-refractivity contribution is 0.594. The Morgan fingerprint density at radius 2 is 2.13 bits per heavy atom. The molecule has 120 valence electrons. The molecule has 8 nitrogen and oxygen atoms in total. The molecule has 2 heterocycles. The van der Waals surface area contributed by atoms with Crippen LogP contribution in [0.5, 0.6) is 0 Å². The van der Waals surface area contributed by atoms with E-state index >= 15 is 0 Å². The van der Waals surface area contributed by atoms with E-state index in [4.69, 9.17) is 11.6 Å². The maximum atomic E-state index is 11.2. The van der Waals surface area contributed by atoms with Crippen LogP contribution >= 0.6 is 15.9 Å². The number of nitrogens with two attached hydrogens (primary N) is 1. The van der Waals surface area contributed by atoms with Crippen molar-refractivity contribution < 1.29 is 8.42 Å². The molecule has 0 amide bonds. The summed E-state index contributed by atoms with van der Waals surface area (Å²) in [6.07, 6.45) is 8.21. The smallest absolute Gasteiger partial charge is 0.255 e. The topological polar surface area (TPSA) is 114 Å². The van der Waals surface area contributed by atoms with Crippen LogP contribution in [0.1, 0.15) is 0 Å². The summed E-state index contributed by atoms with van der Waals surface area (Å²) in [6.45, 7) is 0.389. The fraction of sp³-hybridized carbons (Fsp3) is 0.154. The van der Waals surface area contributed by atoms with Gasteiger partial charge in [-0.05, 0) is 28.1 Å². The molecule has 3 N–H and O–H groups in total. The molecule has 0 saturated heterocycles. The zero-order chi connectivity index (χ0) is 17.0. The Hall–Kier alpha value is -2.22. The summed E-state index contributed by atoms with van der Waals surface area (Å²) in [4.78, 5) is 14.0. The fourth-order valence-corrected chi connectivity index (χ4v) is 2.60. The molecule has 0 aliphatic heterocycles. The van der Waals surface area contributed by atoms with Gasteiger partial charge in [-0.3, -0.25) is 0 Å². The number of hydrogen-bond acceptors (Lipinski definition) is 7. The van der Waals surface area contributed by atoms with Crippen LogP contribution in [0.25, 0.3) is 0 Å². The third-order valence-corrected chi connectivity index (χ3v) is 4.08. The van der Waals surface area contributed by atoms with Gasteiger partial charge in [-0.25, -0.2) is 23.5 Å². The van der Waals surface area contributed by atoms with Gasteiger partial charge in [0.05, 0.1) is 22.9 Å². The van der Waals surface area contributed by atoms with E-state index in [2.05, 4.69) is 42.1 Å². The van der Waals surface area contributed by atoms with Crippen LogP contribution < -0.4 is 15.4 Å². The summed E-state index contributed by atoms with van der Waals surface area (Å²) in [5.74, 6) is 3.47. The lowest BCUT2D eigenvalue weighted by Gasteiger charge is -2.17. The summed E-state index contributed by atoms with van der Waals surface area (Å²) in [5, 5.41) is 7.71. The highest BCUT2D eigenvalue weighted by Gasteiger charge is 2.11. The number of sulfonamides is 1. The van der Waals surface area contributed by atoms with Crippen molar-refractivity contribution in [1.29, 1.82) is 0 Å². The Morgan fingerprint density at radius 1 is 1.39 bits per heavy atom. The van der Waals surface area contributed by atoms with Gasteiger partial charge >= 0.3 is 0 Å². The molecular weight excluding hydrogens is 384 g/mol. The zero-order valence-corrected chi connectivity index (χ0v) is 14.5. The first kappa shape index (κ1) is 17.1. The lowest BCUT2D eigenvalue weighted by Crippen LogP contribution is -2.19. The third-order valence-electron chi connectivity index (χ3n) is 2.70. The Kier molecular flexibility index (Phi) is 5.15. The molecule has 2 rings (SSSR count). The van der Waals surface area contributed by atoms with Crippen LogP contribution in [0.3, 0.4) is 0 Å². The predicted molar refractivity (Wildman–Crippen MR) is 90.7 cm³/mol. The van der Waals surface area contributed by atoms with Crippen LogP contribution in [0.15, 0.2) is 34.0 Å². The van der Waals surface area contributed by atoms with E-state index in [1.165, 1.54) is 18.3 Å². The van der Waals surface area contributed by atoms with E-state index in [0.717, 1.165) is 0 Å². The fourth-order valence-electron chi connectivity index (χ4n) is 1.65. The second-order valence-corrected chi connectivity index (χ2v) is 6.84. The van der Waals surface area contributed by atoms with Gasteiger partial charge in [0.2, 0.25) is 5.95 Å². The standard InChI is InChI=1S/C13H13BrN6O2S/c1-3-6-20(2)12-10(14)8-17-13(19-12)18-9-4-5-11(16-7-9)23(15,21)22/h1,4-5,7-8H,6H2,2H3,(H2,15,21,22)(H,17,18,19). The van der Waals surface area contributed by atoms with Crippen LogP contribution in [0.4, 0.5) is 17.5 Å². The molecule has 0 radical (unpaired) electrons. The first-order valence-corrected chi connectivity index (χ1v) is 8.58. The normalized spacial score (nSPS) is 10.9. The highest BCUT2D eigenvalue weighted by molar-refractivity contribution is 9.10. The monoisotopic (exact) mass is 396 g/mol. The van der Waals surface area contributed by atoms with Gasteiger partial charge in [-0.2, -0.15) is 4.98 Å². The molecule has 10 heteroatoms. The second kappa shape index (κ2) is 6.91. The van der Waals surface area contributed by atoms with E-state index < -0.39 is 10.0 Å². The molecule has 0 bridgehead atoms. The van der Waals surface area contributed by atoms with E-state index in [1.54, 1.807) is 18.1 Å². The maximum Gasteiger partial charge on any atom is 0.255 e. The van der Waals surface area contributed by atoms with Crippen LogP contribution in [0.2, 0.25) is 0 Å². The first-order chi connectivity index (χ1) is 10.8. The summed E-state index contributed by atoms with van der Waals surface area (Å²) in [6, 6.07) is 2.81. The largest absolute Gasteiger partial charge is 0.347 e. The molecule has 0 aliphatic carbocycles. The van der Waals surface area contributed by atoms with Crippen molar-refractivity contribution in [2.45, 2.75) is 5.03 Å². The predicted octanol–water partition coefficient (Wildman–Crippen LogP) is 1.09. The van der Waals surface area contributed by atoms with E-state index in [9.17, 15) is 8.42 Å². The number of primary sulfonamides is 1. The zero-order valence-electron chi connectivity index (χ0n) is 12.1. The minimum absolute atomic E-state index is 0.214. The third kappa shape index (κ3) is 4.38. The molecule has 0 atom stereocenters. The maximum absolute atomic E-state index is 11.2. The Morgan fingerprint density at radius 3 is 2.70 bits per heavy atom. The summed E-state index contributed by atoms with van der Waals surface area (Å²) in [5.41, 5.74) is 0.519. The number of hydrogen-bond donors (Lipinski definition) is 2. The van der Waals surface area contributed by atoms with Gasteiger partial charge in [-0.1, -0.05) is 5.92 Å². The van der Waals surface area contributed by atoms with Gasteiger partial charge < -0.3 is 10.2 Å². The number of terminal acetylenes is 1. The van der Waals surface area contributed by atoms with Crippen molar-refractivity contribution in [2.24, 2.45) is 5.14 Å². The van der Waals surface area contributed by atoms with E-state index in [0.29, 0.717) is 28.5 Å². The van der Waals surface area contributed by atoms with Crippen molar-refractivity contribution in [1.82, 2.24) is 15.0 Å². The van der Waals surface area contributed by atoms with Crippen molar-refractivity contribution in [2.75, 3.05) is 23.8 Å². The minimum atomic E-state index is -3.82. The van der Waals surface area contributed by atoms with Gasteiger partial charge in [0.15, 0.2) is 5.03 Å². The average molecular weight is 397 g/mol. The molecule has 2 aromatic heterocycles. The average Bonchev–Trinajstić information content (AvgIpc) is 2.49. The molecule has 0 aromatic carbocycles. The van der Waals surface area contributed by atoms with Gasteiger partial charge in [-0.15, -0.1) is 6.42 Å². The summed E-state index contributed by atoms with van der Waals surface area (Å²) >= 11 is 3.36. The molecule has 0 spiro atoms. The molecule has 0 saturated carbocycles. The Bertz CT molecular complexity index is 848. The highest BCUT2D eigenvalue weighted by Crippen LogP contribution is 2.24. The van der Waals surface area contributed by atoms with E-state index in [1.807, 2.05) is 0 Å². The summed E-state index contributed by atoms with van der Waals surface area (Å²) in [7, 11) is -2.02. The number of aromatic nitrogens is 3. The van der Waals surface area contributed by atoms with Gasteiger partial charge in [0, 0.05) is 13.2 Å². The van der Waals surface area contributed by atoms with Crippen molar-refractivity contribution in [3.8, 4) is 12.3 Å². The molecule has 2 aromatic rings. The number of rotatable bonds is 5. The molecular formula is C13H13BrN6O2S. The van der Waals surface area contributed by atoms with Crippen molar-refractivity contribution in [3.05, 3.63) is 29.0 Å². The van der Waals surface area contributed by atoms with Gasteiger partial charge in [0.25, 0.3) is 10.0 Å². The SMILES string of the molecule is C#CCN(C)c1nc(Nc2ccc(S(N)(=O)=O)nc2)ncc1Br. The number of nitrogens with zero attached hydrogens (tertiary/aromatic N) is 4. The number of halogens is 1. The summed E-state index contributed by atoms with van der Waals surface area (Å²) < 4.78 is 23.0. The number of pyridine rings is 1. The van der Waals surface area contributed by atoms with E-state index in [-0.39, 0.29) is 5.03 Å². The first-order valence-electron chi connectivity index (χ1n) is 6.24. The molecule has 0 aliphatic rings.